The van der Waals surface area contributed by atoms with Crippen LogP contribution in [0.25, 0.3) is 10.9 Å². The maximum atomic E-state index is 13.3. The lowest BCUT2D eigenvalue weighted by molar-refractivity contribution is -0.126. The van der Waals surface area contributed by atoms with Gasteiger partial charge in [0.15, 0.2) is 5.69 Å². The lowest BCUT2D eigenvalue weighted by atomic mass is 9.85. The van der Waals surface area contributed by atoms with Gasteiger partial charge in [0.25, 0.3) is 5.91 Å². The molecule has 178 valence electrons. The molecule has 0 spiro atoms. The molecule has 0 unspecified atom stereocenters. The van der Waals surface area contributed by atoms with Crippen molar-refractivity contribution in [2.45, 2.75) is 58.7 Å². The van der Waals surface area contributed by atoms with Crippen LogP contribution in [0.2, 0.25) is 0 Å². The Morgan fingerprint density at radius 3 is 2.50 bits per heavy atom. The van der Waals surface area contributed by atoms with E-state index in [1.165, 1.54) is 12.1 Å². The third-order valence-electron chi connectivity index (χ3n) is 6.11. The number of para-hydroxylation sites is 1. The topological polar surface area (TPSA) is 93.1 Å². The Balaban J connectivity index is 1.58. The van der Waals surface area contributed by atoms with Crippen LogP contribution >= 0.6 is 0 Å². The van der Waals surface area contributed by atoms with Crippen LogP contribution in [0.3, 0.4) is 0 Å². The monoisotopic (exact) mass is 464 g/mol. The number of nitrogens with zero attached hydrogens (tertiary/aromatic N) is 2. The Morgan fingerprint density at radius 2 is 1.85 bits per heavy atom. The van der Waals surface area contributed by atoms with Gasteiger partial charge >= 0.3 is 0 Å². The number of carbonyl (C=O) groups excluding carboxylic acids is 3. The lowest BCUT2D eigenvalue weighted by Gasteiger charge is -2.31. The van der Waals surface area contributed by atoms with Crippen molar-refractivity contribution >= 4 is 28.5 Å². The SMILES string of the molecule is CC(C)(C)[C@H](NC(=O)c1nn(Cc2ccc(F)cc2)c2ccccc12)C(=O)N[C@H]1CCC(=O)C1. The van der Waals surface area contributed by atoms with E-state index in [2.05, 4.69) is 15.7 Å². The molecule has 2 amide bonds. The summed E-state index contributed by atoms with van der Waals surface area (Å²) in [4.78, 5) is 38.0. The quantitative estimate of drug-likeness (QED) is 0.583. The van der Waals surface area contributed by atoms with E-state index in [0.717, 1.165) is 11.1 Å². The molecular formula is C26H29FN4O3. The van der Waals surface area contributed by atoms with Crippen LogP contribution in [0.15, 0.2) is 48.5 Å². The van der Waals surface area contributed by atoms with Crippen molar-refractivity contribution in [2.24, 2.45) is 5.41 Å². The summed E-state index contributed by atoms with van der Waals surface area (Å²) in [6, 6.07) is 12.5. The van der Waals surface area contributed by atoms with Crippen molar-refractivity contribution in [1.29, 1.82) is 0 Å². The summed E-state index contributed by atoms with van der Waals surface area (Å²) in [5, 5.41) is 11.0. The molecule has 0 aliphatic heterocycles. The van der Waals surface area contributed by atoms with Crippen molar-refractivity contribution in [1.82, 2.24) is 20.4 Å². The highest BCUT2D eigenvalue weighted by Gasteiger charge is 2.36. The minimum Gasteiger partial charge on any atom is -0.351 e. The summed E-state index contributed by atoms with van der Waals surface area (Å²) < 4.78 is 15.0. The Bertz CT molecular complexity index is 1230. The molecule has 7 nitrogen and oxygen atoms in total. The van der Waals surface area contributed by atoms with E-state index in [9.17, 15) is 18.8 Å². The number of rotatable bonds is 6. The van der Waals surface area contributed by atoms with Crippen molar-refractivity contribution in [3.8, 4) is 0 Å². The molecule has 1 saturated carbocycles. The number of fused-ring (bicyclic) bond motifs is 1. The van der Waals surface area contributed by atoms with Gasteiger partial charge in [0, 0.05) is 24.3 Å². The zero-order valence-electron chi connectivity index (χ0n) is 19.6. The first-order valence-corrected chi connectivity index (χ1v) is 11.4. The highest BCUT2D eigenvalue weighted by molar-refractivity contribution is 6.06. The minimum atomic E-state index is -0.809. The fourth-order valence-electron chi connectivity index (χ4n) is 4.28. The maximum absolute atomic E-state index is 13.3. The Morgan fingerprint density at radius 1 is 1.15 bits per heavy atom. The van der Waals surface area contributed by atoms with Crippen molar-refractivity contribution in [2.75, 3.05) is 0 Å². The predicted molar refractivity (Wildman–Crippen MR) is 127 cm³/mol. The molecule has 2 atom stereocenters. The molecule has 3 aromatic rings. The van der Waals surface area contributed by atoms with Gasteiger partial charge in [-0.3, -0.25) is 19.1 Å². The second-order valence-electron chi connectivity index (χ2n) is 9.91. The van der Waals surface area contributed by atoms with Crippen LogP contribution in [-0.4, -0.2) is 39.5 Å². The summed E-state index contributed by atoms with van der Waals surface area (Å²) in [5.74, 6) is -0.940. The van der Waals surface area contributed by atoms with Crippen LogP contribution < -0.4 is 10.6 Å². The first-order chi connectivity index (χ1) is 16.1. The molecule has 1 fully saturated rings. The van der Waals surface area contributed by atoms with Gasteiger partial charge in [-0.1, -0.05) is 51.1 Å². The van der Waals surface area contributed by atoms with Crippen LogP contribution in [0.5, 0.6) is 0 Å². The van der Waals surface area contributed by atoms with E-state index in [-0.39, 0.29) is 29.2 Å². The van der Waals surface area contributed by atoms with Crippen LogP contribution in [-0.2, 0) is 16.1 Å². The third kappa shape index (κ3) is 5.16. The van der Waals surface area contributed by atoms with Gasteiger partial charge in [-0.25, -0.2) is 4.39 Å². The van der Waals surface area contributed by atoms with E-state index in [1.54, 1.807) is 16.8 Å². The van der Waals surface area contributed by atoms with E-state index in [4.69, 9.17) is 0 Å². The number of carbonyl (C=O) groups is 3. The predicted octanol–water partition coefficient (Wildman–Crippen LogP) is 3.61. The summed E-state index contributed by atoms with van der Waals surface area (Å²) in [6.07, 6.45) is 1.41. The van der Waals surface area contributed by atoms with Crippen LogP contribution in [0.4, 0.5) is 4.39 Å². The number of halogens is 1. The second-order valence-corrected chi connectivity index (χ2v) is 9.91. The molecule has 2 aromatic carbocycles. The van der Waals surface area contributed by atoms with Gasteiger partial charge in [0.1, 0.15) is 17.6 Å². The molecule has 34 heavy (non-hydrogen) atoms. The number of hydrogen-bond donors (Lipinski definition) is 2. The maximum Gasteiger partial charge on any atom is 0.273 e. The van der Waals surface area contributed by atoms with Gasteiger partial charge in [-0.05, 0) is 35.6 Å². The molecule has 1 aliphatic carbocycles. The standard InChI is InChI=1S/C26H29FN4O3/c1-26(2,3)23(25(34)28-18-12-13-19(32)14-18)29-24(33)22-20-6-4-5-7-21(20)31(30-22)15-16-8-10-17(27)11-9-16/h4-11,18,23H,12-15H2,1-3H3,(H,28,34)(H,29,33)/t18-,23+/m0/s1. The lowest BCUT2D eigenvalue weighted by Crippen LogP contribution is -2.55. The van der Waals surface area contributed by atoms with Crippen LogP contribution in [0, 0.1) is 11.2 Å². The van der Waals surface area contributed by atoms with Crippen LogP contribution in [0.1, 0.15) is 56.1 Å². The van der Waals surface area contributed by atoms with Crippen molar-refractivity contribution in [3.63, 3.8) is 0 Å². The number of hydrogen-bond acceptors (Lipinski definition) is 4. The van der Waals surface area contributed by atoms with Gasteiger partial charge in [-0.2, -0.15) is 5.10 Å². The highest BCUT2D eigenvalue weighted by atomic mass is 19.1. The van der Waals surface area contributed by atoms with E-state index in [0.29, 0.717) is 31.2 Å². The summed E-state index contributed by atoms with van der Waals surface area (Å²) in [5.41, 5.74) is 1.27. The molecule has 0 saturated heterocycles. The van der Waals surface area contributed by atoms with Crippen molar-refractivity contribution < 1.29 is 18.8 Å². The van der Waals surface area contributed by atoms with Gasteiger partial charge in [0.05, 0.1) is 12.1 Å². The normalized spacial score (nSPS) is 17.1. The summed E-state index contributed by atoms with van der Waals surface area (Å²) in [6.45, 7) is 6.00. The Labute approximate surface area is 197 Å². The molecule has 2 N–H and O–H groups in total. The third-order valence-corrected chi connectivity index (χ3v) is 6.11. The Hall–Kier alpha value is -3.55. The molecule has 8 heteroatoms. The molecule has 1 heterocycles. The second kappa shape index (κ2) is 9.37. The summed E-state index contributed by atoms with van der Waals surface area (Å²) >= 11 is 0. The molecule has 1 aliphatic rings. The number of benzene rings is 2. The number of aromatic nitrogens is 2. The van der Waals surface area contributed by atoms with Gasteiger partial charge in [0.2, 0.25) is 5.91 Å². The zero-order chi connectivity index (χ0) is 24.5. The average Bonchev–Trinajstić information content (AvgIpc) is 3.36. The number of amides is 2. The molecular weight excluding hydrogens is 435 g/mol. The molecule has 0 radical (unpaired) electrons. The van der Waals surface area contributed by atoms with E-state index >= 15 is 0 Å². The zero-order valence-corrected chi connectivity index (χ0v) is 19.6. The Kier molecular flexibility index (Phi) is 6.50. The summed E-state index contributed by atoms with van der Waals surface area (Å²) in [7, 11) is 0. The first kappa shape index (κ1) is 23.6. The number of nitrogens with one attached hydrogen (secondary N) is 2. The highest BCUT2D eigenvalue weighted by Crippen LogP contribution is 2.24. The van der Waals surface area contributed by atoms with Gasteiger partial charge in [-0.15, -0.1) is 0 Å². The molecule has 0 bridgehead atoms. The average molecular weight is 465 g/mol. The fourth-order valence-corrected chi connectivity index (χ4v) is 4.28. The number of Topliss-reactive ketones (excluding diaryl/α,β-unsaturated/α-hetero) is 1. The fraction of sp³-hybridized carbons (Fsp3) is 0.385. The smallest absolute Gasteiger partial charge is 0.273 e. The molecule has 1 aromatic heterocycles. The first-order valence-electron chi connectivity index (χ1n) is 11.4. The van der Waals surface area contributed by atoms with Gasteiger partial charge < -0.3 is 10.6 Å². The van der Waals surface area contributed by atoms with Crippen molar-refractivity contribution in [3.05, 3.63) is 65.6 Å². The minimum absolute atomic E-state index is 0.139. The number of ketones is 1. The largest absolute Gasteiger partial charge is 0.351 e. The van der Waals surface area contributed by atoms with E-state index in [1.807, 2.05) is 45.0 Å². The van der Waals surface area contributed by atoms with E-state index < -0.39 is 17.4 Å². The molecule has 4 rings (SSSR count).